The fourth-order valence-electron chi connectivity index (χ4n) is 2.55. The van der Waals surface area contributed by atoms with Crippen LogP contribution in [0.25, 0.3) is 0 Å². The van der Waals surface area contributed by atoms with Crippen LogP contribution < -0.4 is 5.32 Å². The van der Waals surface area contributed by atoms with Crippen LogP contribution in [-0.2, 0) is 5.60 Å². The van der Waals surface area contributed by atoms with Gasteiger partial charge in [0, 0.05) is 11.1 Å². The summed E-state index contributed by atoms with van der Waals surface area (Å²) >= 11 is 2.98. The summed E-state index contributed by atoms with van der Waals surface area (Å²) in [7, 11) is 0. The van der Waals surface area contributed by atoms with Crippen LogP contribution in [0.15, 0.2) is 40.9 Å². The average Bonchev–Trinajstić information content (AvgIpc) is 3.27. The first-order chi connectivity index (χ1) is 10.6. The molecule has 2 heterocycles. The number of aromatic nitrogens is 1. The number of thioether (sulfide) groups is 1. The molecule has 3 rings (SSSR count). The van der Waals surface area contributed by atoms with Crippen molar-refractivity contribution in [2.45, 2.75) is 23.5 Å². The number of hydrogen-bond donors (Lipinski definition) is 2. The molecule has 22 heavy (non-hydrogen) atoms. The van der Waals surface area contributed by atoms with Gasteiger partial charge in [-0.1, -0.05) is 6.07 Å². The number of carbonyl (C=O) groups is 1. The molecule has 1 fully saturated rings. The highest BCUT2D eigenvalue weighted by Gasteiger charge is 2.46. The lowest BCUT2D eigenvalue weighted by atomic mass is 9.95. The molecule has 2 N–H and O–H groups in total. The number of amides is 1. The molecule has 2 aromatic rings. The number of hydrogen-bond acceptors (Lipinski definition) is 5. The number of rotatable bonds is 6. The van der Waals surface area contributed by atoms with E-state index in [1.807, 2.05) is 23.8 Å². The van der Waals surface area contributed by atoms with E-state index >= 15 is 0 Å². The molecule has 2 aromatic heterocycles. The maximum atomic E-state index is 12.4. The van der Waals surface area contributed by atoms with E-state index in [1.165, 1.54) is 23.1 Å². The minimum Gasteiger partial charge on any atom is -0.382 e. The minimum absolute atomic E-state index is 0.187. The van der Waals surface area contributed by atoms with Crippen LogP contribution in [-0.4, -0.2) is 28.8 Å². The van der Waals surface area contributed by atoms with Crippen LogP contribution in [0.5, 0.6) is 0 Å². The van der Waals surface area contributed by atoms with Gasteiger partial charge in [0.15, 0.2) is 0 Å². The number of nitrogens with one attached hydrogen (secondary N) is 1. The zero-order valence-electron chi connectivity index (χ0n) is 12.3. The molecule has 0 aliphatic heterocycles. The van der Waals surface area contributed by atoms with Crippen molar-refractivity contribution < 1.29 is 9.90 Å². The summed E-state index contributed by atoms with van der Waals surface area (Å²) in [5.41, 5.74) is -0.398. The van der Waals surface area contributed by atoms with Crippen molar-refractivity contribution in [1.82, 2.24) is 10.3 Å². The molecule has 4 nitrogen and oxygen atoms in total. The molecule has 1 aliphatic carbocycles. The fraction of sp³-hybridized carbons (Fsp3) is 0.375. The summed E-state index contributed by atoms with van der Waals surface area (Å²) in [5, 5.41) is 16.6. The SMILES string of the molecule is CSc1ncccc1C(=O)NC[C@](O)(c1cccs1)C1CC1. The Bertz CT molecular complexity index is 656. The Morgan fingerprint density at radius 1 is 1.50 bits per heavy atom. The lowest BCUT2D eigenvalue weighted by Crippen LogP contribution is -2.42. The Balaban J connectivity index is 1.74. The van der Waals surface area contributed by atoms with Gasteiger partial charge in [-0.05, 0) is 48.6 Å². The number of carbonyl (C=O) groups excluding carboxylic acids is 1. The standard InChI is InChI=1S/C16H18N2O2S2/c1-21-15-12(4-2-8-17-15)14(19)18-10-16(20,11-6-7-11)13-5-3-9-22-13/h2-5,8-9,11,20H,6-7,10H2,1H3,(H,18,19)/t16-/m1/s1. The van der Waals surface area contributed by atoms with Gasteiger partial charge in [-0.3, -0.25) is 4.79 Å². The molecule has 0 bridgehead atoms. The van der Waals surface area contributed by atoms with Crippen molar-refractivity contribution >= 4 is 29.0 Å². The smallest absolute Gasteiger partial charge is 0.254 e. The number of nitrogens with zero attached hydrogens (tertiary/aromatic N) is 1. The van der Waals surface area contributed by atoms with Crippen LogP contribution in [0.1, 0.15) is 28.1 Å². The number of pyridine rings is 1. The summed E-state index contributed by atoms with van der Waals surface area (Å²) in [6.07, 6.45) is 5.58. The first-order valence-electron chi connectivity index (χ1n) is 7.18. The van der Waals surface area contributed by atoms with E-state index in [4.69, 9.17) is 0 Å². The topological polar surface area (TPSA) is 62.2 Å². The van der Waals surface area contributed by atoms with Gasteiger partial charge in [0.2, 0.25) is 0 Å². The molecular formula is C16H18N2O2S2. The molecule has 1 amide bonds. The number of thiophene rings is 1. The molecule has 0 spiro atoms. The van der Waals surface area contributed by atoms with Gasteiger partial charge in [0.25, 0.3) is 5.91 Å². The first-order valence-corrected chi connectivity index (χ1v) is 9.29. The van der Waals surface area contributed by atoms with Crippen LogP contribution in [0.2, 0.25) is 0 Å². The molecule has 1 atom stereocenters. The monoisotopic (exact) mass is 334 g/mol. The Labute approximate surface area is 138 Å². The van der Waals surface area contributed by atoms with Crippen molar-refractivity contribution in [1.29, 1.82) is 0 Å². The van der Waals surface area contributed by atoms with Crippen LogP contribution in [0, 0.1) is 5.92 Å². The Hall–Kier alpha value is -1.37. The third-order valence-electron chi connectivity index (χ3n) is 3.93. The molecule has 1 saturated carbocycles. The maximum absolute atomic E-state index is 12.4. The Morgan fingerprint density at radius 2 is 2.32 bits per heavy atom. The lowest BCUT2D eigenvalue weighted by Gasteiger charge is -2.27. The summed E-state index contributed by atoms with van der Waals surface area (Å²) in [5.74, 6) is 0.0495. The molecule has 0 saturated heterocycles. The Morgan fingerprint density at radius 3 is 2.95 bits per heavy atom. The van der Waals surface area contributed by atoms with Crippen LogP contribution in [0.4, 0.5) is 0 Å². The zero-order valence-corrected chi connectivity index (χ0v) is 13.9. The highest BCUT2D eigenvalue weighted by atomic mass is 32.2. The maximum Gasteiger partial charge on any atom is 0.254 e. The molecule has 0 aromatic carbocycles. The predicted octanol–water partition coefficient (Wildman–Crippen LogP) is 2.89. The van der Waals surface area contributed by atoms with Gasteiger partial charge in [-0.2, -0.15) is 0 Å². The van der Waals surface area contributed by atoms with Crippen molar-refractivity contribution in [2.24, 2.45) is 5.92 Å². The molecular weight excluding hydrogens is 316 g/mol. The van der Waals surface area contributed by atoms with E-state index in [9.17, 15) is 9.90 Å². The van der Waals surface area contributed by atoms with Gasteiger partial charge in [0.05, 0.1) is 12.1 Å². The second-order valence-electron chi connectivity index (χ2n) is 5.42. The molecule has 0 radical (unpaired) electrons. The van der Waals surface area contributed by atoms with Gasteiger partial charge >= 0.3 is 0 Å². The van der Waals surface area contributed by atoms with E-state index in [1.54, 1.807) is 18.3 Å². The molecule has 116 valence electrons. The van der Waals surface area contributed by atoms with Crippen molar-refractivity contribution in [2.75, 3.05) is 12.8 Å². The third-order valence-corrected chi connectivity index (χ3v) is 5.68. The van der Waals surface area contributed by atoms with E-state index in [2.05, 4.69) is 10.3 Å². The van der Waals surface area contributed by atoms with Gasteiger partial charge in [0.1, 0.15) is 10.6 Å². The first kappa shape index (κ1) is 15.5. The fourth-order valence-corrected chi connectivity index (χ4v) is 4.01. The predicted molar refractivity (Wildman–Crippen MR) is 89.3 cm³/mol. The normalized spacial score (nSPS) is 17.0. The molecule has 1 aliphatic rings. The quantitative estimate of drug-likeness (QED) is 0.798. The summed E-state index contributed by atoms with van der Waals surface area (Å²) in [6, 6.07) is 7.38. The van der Waals surface area contributed by atoms with E-state index in [0.29, 0.717) is 10.6 Å². The summed E-state index contributed by atoms with van der Waals surface area (Å²) in [4.78, 5) is 17.5. The zero-order chi connectivity index (χ0) is 15.6. The largest absolute Gasteiger partial charge is 0.382 e. The summed E-state index contributed by atoms with van der Waals surface area (Å²) < 4.78 is 0. The van der Waals surface area contributed by atoms with Gasteiger partial charge < -0.3 is 10.4 Å². The van der Waals surface area contributed by atoms with Crippen molar-refractivity contribution in [3.8, 4) is 0 Å². The number of aliphatic hydroxyl groups is 1. The molecule has 6 heteroatoms. The summed E-state index contributed by atoms with van der Waals surface area (Å²) in [6.45, 7) is 0.236. The van der Waals surface area contributed by atoms with E-state index < -0.39 is 5.60 Å². The third kappa shape index (κ3) is 3.04. The van der Waals surface area contributed by atoms with E-state index in [0.717, 1.165) is 17.7 Å². The highest BCUT2D eigenvalue weighted by molar-refractivity contribution is 7.98. The highest BCUT2D eigenvalue weighted by Crippen LogP contribution is 2.46. The minimum atomic E-state index is -0.953. The van der Waals surface area contributed by atoms with E-state index in [-0.39, 0.29) is 18.4 Å². The van der Waals surface area contributed by atoms with Crippen molar-refractivity contribution in [3.05, 3.63) is 46.3 Å². The lowest BCUT2D eigenvalue weighted by molar-refractivity contribution is 0.0169. The average molecular weight is 334 g/mol. The van der Waals surface area contributed by atoms with Crippen molar-refractivity contribution in [3.63, 3.8) is 0 Å². The second-order valence-corrected chi connectivity index (χ2v) is 7.16. The van der Waals surface area contributed by atoms with Gasteiger partial charge in [-0.25, -0.2) is 4.98 Å². The molecule has 0 unspecified atom stereocenters. The Kier molecular flexibility index (Phi) is 4.52. The van der Waals surface area contributed by atoms with Crippen LogP contribution in [0.3, 0.4) is 0 Å². The van der Waals surface area contributed by atoms with Gasteiger partial charge in [-0.15, -0.1) is 23.1 Å². The second kappa shape index (κ2) is 6.40. The van der Waals surface area contributed by atoms with Crippen LogP contribution >= 0.6 is 23.1 Å².